The van der Waals surface area contributed by atoms with E-state index in [2.05, 4.69) is 0 Å². The van der Waals surface area contributed by atoms with Crippen molar-refractivity contribution >= 4 is 17.3 Å². The van der Waals surface area contributed by atoms with Crippen molar-refractivity contribution in [1.82, 2.24) is 0 Å². The number of non-ortho nitro benzene ring substituents is 1. The molecule has 1 aliphatic rings. The van der Waals surface area contributed by atoms with Gasteiger partial charge in [0.25, 0.3) is 5.69 Å². The Bertz CT molecular complexity index is 547. The summed E-state index contributed by atoms with van der Waals surface area (Å²) in [4.78, 5) is 23.2. The average Bonchev–Trinajstić information content (AvgIpc) is 2.47. The van der Waals surface area contributed by atoms with E-state index in [0.717, 1.165) is 0 Å². The Kier molecular flexibility index (Phi) is 4.59. The minimum atomic E-state index is -1.05. The Morgan fingerprint density at radius 3 is 2.95 bits per heavy atom. The van der Waals surface area contributed by atoms with E-state index in [-0.39, 0.29) is 18.8 Å². The number of aliphatic carboxylic acids is 1. The normalized spacial score (nSPS) is 18.3. The molecule has 1 aromatic rings. The van der Waals surface area contributed by atoms with Crippen molar-refractivity contribution in [3.63, 3.8) is 0 Å². The van der Waals surface area contributed by atoms with Gasteiger partial charge < -0.3 is 19.5 Å². The lowest BCUT2D eigenvalue weighted by Crippen LogP contribution is -2.46. The zero-order valence-corrected chi connectivity index (χ0v) is 11.5. The molecule has 0 amide bonds. The van der Waals surface area contributed by atoms with E-state index in [9.17, 15) is 14.9 Å². The highest BCUT2D eigenvalue weighted by Crippen LogP contribution is 2.29. The highest BCUT2D eigenvalue weighted by atomic mass is 16.6. The number of carbonyl (C=O) groups is 1. The zero-order valence-electron chi connectivity index (χ0n) is 11.5. The smallest absolute Gasteiger partial charge is 0.334 e. The minimum Gasteiger partial charge on any atom is -0.494 e. The topological polar surface area (TPSA) is 102 Å². The molecular formula is C13H16N2O6. The first-order valence-electron chi connectivity index (χ1n) is 6.53. The first kappa shape index (κ1) is 15.0. The molecular weight excluding hydrogens is 280 g/mol. The zero-order chi connectivity index (χ0) is 15.4. The molecule has 8 heteroatoms. The standard InChI is InChI=1S/C13H16N2O6/c1-2-20-11-6-9(5-10(7-11)15(18)19)14-3-4-21-12(8-14)13(16)17/h5-7,12H,2-4,8H2,1H3,(H,16,17). The van der Waals surface area contributed by atoms with Gasteiger partial charge in [-0.2, -0.15) is 0 Å². The second-order valence-corrected chi connectivity index (χ2v) is 4.52. The van der Waals surface area contributed by atoms with Crippen LogP contribution in [0.2, 0.25) is 0 Å². The Morgan fingerprint density at radius 2 is 2.33 bits per heavy atom. The summed E-state index contributed by atoms with van der Waals surface area (Å²) in [5.41, 5.74) is 0.469. The van der Waals surface area contributed by atoms with Crippen LogP contribution in [-0.4, -0.2) is 48.4 Å². The van der Waals surface area contributed by atoms with Crippen LogP contribution in [0.5, 0.6) is 5.75 Å². The van der Waals surface area contributed by atoms with Crippen LogP contribution in [0.3, 0.4) is 0 Å². The first-order chi connectivity index (χ1) is 10.0. The third kappa shape index (κ3) is 3.60. The van der Waals surface area contributed by atoms with Gasteiger partial charge >= 0.3 is 5.97 Å². The molecule has 114 valence electrons. The number of anilines is 1. The third-order valence-corrected chi connectivity index (χ3v) is 3.10. The second kappa shape index (κ2) is 6.40. The van der Waals surface area contributed by atoms with E-state index < -0.39 is 17.0 Å². The number of benzene rings is 1. The van der Waals surface area contributed by atoms with E-state index in [1.807, 2.05) is 0 Å². The van der Waals surface area contributed by atoms with Crippen LogP contribution < -0.4 is 9.64 Å². The minimum absolute atomic E-state index is 0.0886. The Balaban J connectivity index is 2.28. The molecule has 0 aromatic heterocycles. The van der Waals surface area contributed by atoms with E-state index in [0.29, 0.717) is 24.6 Å². The first-order valence-corrected chi connectivity index (χ1v) is 6.53. The fraction of sp³-hybridized carbons (Fsp3) is 0.462. The highest BCUT2D eigenvalue weighted by molar-refractivity contribution is 5.74. The number of carboxylic acid groups (broad SMARTS) is 1. The van der Waals surface area contributed by atoms with Crippen molar-refractivity contribution in [3.05, 3.63) is 28.3 Å². The molecule has 8 nitrogen and oxygen atoms in total. The van der Waals surface area contributed by atoms with E-state index in [4.69, 9.17) is 14.6 Å². The summed E-state index contributed by atoms with van der Waals surface area (Å²) < 4.78 is 10.5. The van der Waals surface area contributed by atoms with E-state index in [1.54, 1.807) is 17.9 Å². The lowest BCUT2D eigenvalue weighted by molar-refractivity contribution is -0.384. The quantitative estimate of drug-likeness (QED) is 0.645. The molecule has 0 radical (unpaired) electrons. The Morgan fingerprint density at radius 1 is 1.57 bits per heavy atom. The van der Waals surface area contributed by atoms with Crippen LogP contribution in [0.25, 0.3) is 0 Å². The van der Waals surface area contributed by atoms with Gasteiger partial charge in [0.15, 0.2) is 6.10 Å². The van der Waals surface area contributed by atoms with Crippen LogP contribution >= 0.6 is 0 Å². The van der Waals surface area contributed by atoms with Crippen molar-refractivity contribution in [2.45, 2.75) is 13.0 Å². The van der Waals surface area contributed by atoms with Gasteiger partial charge in [0.2, 0.25) is 0 Å². The number of carboxylic acids is 1. The number of nitro benzene ring substituents is 1. The molecule has 1 unspecified atom stereocenters. The highest BCUT2D eigenvalue weighted by Gasteiger charge is 2.27. The van der Waals surface area contributed by atoms with Crippen molar-refractivity contribution in [2.24, 2.45) is 0 Å². The van der Waals surface area contributed by atoms with Gasteiger partial charge in [0.05, 0.1) is 30.7 Å². The maximum Gasteiger partial charge on any atom is 0.334 e. The summed E-state index contributed by atoms with van der Waals surface area (Å²) in [7, 11) is 0. The van der Waals surface area contributed by atoms with Gasteiger partial charge in [-0.15, -0.1) is 0 Å². The van der Waals surface area contributed by atoms with Gasteiger partial charge in [-0.1, -0.05) is 0 Å². The molecule has 1 saturated heterocycles. The number of rotatable bonds is 5. The van der Waals surface area contributed by atoms with Crippen molar-refractivity contribution in [3.8, 4) is 5.75 Å². The van der Waals surface area contributed by atoms with Crippen LogP contribution in [0.15, 0.2) is 18.2 Å². The molecule has 1 N–H and O–H groups in total. The number of hydrogen-bond donors (Lipinski definition) is 1. The molecule has 1 heterocycles. The SMILES string of the molecule is CCOc1cc(N2CCOC(C(=O)O)C2)cc([N+](=O)[O-])c1. The van der Waals surface area contributed by atoms with Gasteiger partial charge in [-0.25, -0.2) is 4.79 Å². The van der Waals surface area contributed by atoms with Crippen LogP contribution in [0, 0.1) is 10.1 Å². The summed E-state index contributed by atoms with van der Waals surface area (Å²) in [5, 5.41) is 20.0. The molecule has 21 heavy (non-hydrogen) atoms. The van der Waals surface area contributed by atoms with Gasteiger partial charge in [0.1, 0.15) is 5.75 Å². The Labute approximate surface area is 121 Å². The Hall–Kier alpha value is -2.35. The number of nitrogens with zero attached hydrogens (tertiary/aromatic N) is 2. The fourth-order valence-electron chi connectivity index (χ4n) is 2.14. The molecule has 0 bridgehead atoms. The molecule has 1 aliphatic heterocycles. The lowest BCUT2D eigenvalue weighted by atomic mass is 10.2. The monoisotopic (exact) mass is 296 g/mol. The molecule has 0 spiro atoms. The molecule has 2 rings (SSSR count). The molecule has 1 fully saturated rings. The maximum absolute atomic E-state index is 11.0. The summed E-state index contributed by atoms with van der Waals surface area (Å²) in [6.07, 6.45) is -0.937. The van der Waals surface area contributed by atoms with E-state index >= 15 is 0 Å². The maximum atomic E-state index is 11.0. The molecule has 1 aromatic carbocycles. The van der Waals surface area contributed by atoms with E-state index in [1.165, 1.54) is 12.1 Å². The largest absolute Gasteiger partial charge is 0.494 e. The average molecular weight is 296 g/mol. The van der Waals surface area contributed by atoms with Crippen LogP contribution in [-0.2, 0) is 9.53 Å². The molecule has 1 atom stereocenters. The van der Waals surface area contributed by atoms with Gasteiger partial charge in [-0.05, 0) is 6.92 Å². The number of hydrogen-bond acceptors (Lipinski definition) is 6. The lowest BCUT2D eigenvalue weighted by Gasteiger charge is -2.32. The predicted octanol–water partition coefficient (Wildman–Crippen LogP) is 1.28. The van der Waals surface area contributed by atoms with Crippen LogP contribution in [0.1, 0.15) is 6.92 Å². The molecule has 0 saturated carbocycles. The van der Waals surface area contributed by atoms with Crippen molar-refractivity contribution in [2.75, 3.05) is 31.2 Å². The molecule has 0 aliphatic carbocycles. The van der Waals surface area contributed by atoms with Crippen molar-refractivity contribution < 1.29 is 24.3 Å². The second-order valence-electron chi connectivity index (χ2n) is 4.52. The number of ether oxygens (including phenoxy) is 2. The van der Waals surface area contributed by atoms with Crippen LogP contribution in [0.4, 0.5) is 11.4 Å². The van der Waals surface area contributed by atoms with Gasteiger partial charge in [-0.3, -0.25) is 10.1 Å². The predicted molar refractivity (Wildman–Crippen MR) is 73.9 cm³/mol. The summed E-state index contributed by atoms with van der Waals surface area (Å²) in [5.74, 6) is -0.657. The third-order valence-electron chi connectivity index (χ3n) is 3.10. The van der Waals surface area contributed by atoms with Crippen molar-refractivity contribution in [1.29, 1.82) is 0 Å². The fourth-order valence-corrected chi connectivity index (χ4v) is 2.14. The summed E-state index contributed by atoms with van der Waals surface area (Å²) >= 11 is 0. The van der Waals surface area contributed by atoms with Gasteiger partial charge in [0, 0.05) is 24.4 Å². The number of morpholine rings is 1. The summed E-state index contributed by atoms with van der Waals surface area (Å²) in [6.45, 7) is 3.04. The number of nitro groups is 1. The summed E-state index contributed by atoms with van der Waals surface area (Å²) in [6, 6.07) is 4.43.